The molecule has 0 unspecified atom stereocenters. The van der Waals surface area contributed by atoms with Gasteiger partial charge in [-0.05, 0) is 75.4 Å². The van der Waals surface area contributed by atoms with Crippen LogP contribution < -0.4 is 4.90 Å². The highest BCUT2D eigenvalue weighted by Gasteiger charge is 2.13. The van der Waals surface area contributed by atoms with Crippen LogP contribution in [-0.2, 0) is 0 Å². The van der Waals surface area contributed by atoms with E-state index in [1.807, 2.05) is 36.4 Å². The second kappa shape index (κ2) is 9.32. The van der Waals surface area contributed by atoms with Gasteiger partial charge in [0.25, 0.3) is 0 Å². The maximum atomic E-state index is 9.34. The van der Waals surface area contributed by atoms with Gasteiger partial charge < -0.3 is 4.90 Å². The number of nitrogens with zero attached hydrogens (tertiary/aromatic N) is 1. The predicted octanol–water partition coefficient (Wildman–Crippen LogP) is 9.64. The number of anilines is 3. The molecule has 0 spiro atoms. The normalized spacial score (nSPS) is 14.1. The Kier molecular flexibility index (Phi) is 3.71. The molecular weight excluding hydrogens is 422 g/mol. The molecule has 0 aliphatic carbocycles. The van der Waals surface area contributed by atoms with Crippen molar-refractivity contribution in [3.05, 3.63) is 151 Å². The third-order valence-electron chi connectivity index (χ3n) is 5.79. The highest BCUT2D eigenvalue weighted by Crippen LogP contribution is 2.37. The van der Waals surface area contributed by atoms with Crippen LogP contribution in [0.5, 0.6) is 0 Å². The van der Waals surface area contributed by atoms with Gasteiger partial charge in [0.05, 0.1) is 11.0 Å². The zero-order chi connectivity index (χ0) is 30.4. The largest absolute Gasteiger partial charge is 0.310 e. The monoisotopic (exact) mass is 455 g/mol. The molecule has 166 valence electrons. The molecule has 0 saturated carbocycles. The van der Waals surface area contributed by atoms with E-state index >= 15 is 0 Å². The summed E-state index contributed by atoms with van der Waals surface area (Å²) in [7, 11) is 0. The van der Waals surface area contributed by atoms with Crippen molar-refractivity contribution < 1.29 is 11.0 Å². The molecule has 0 radical (unpaired) electrons. The first-order valence-electron chi connectivity index (χ1n) is 15.3. The molecule has 1 nitrogen and oxygen atoms in total. The molecule has 0 heterocycles. The molecule has 0 aliphatic heterocycles. The van der Waals surface area contributed by atoms with Gasteiger partial charge in [0, 0.05) is 17.1 Å². The van der Waals surface area contributed by atoms with Crippen molar-refractivity contribution in [2.75, 3.05) is 4.90 Å². The number of para-hydroxylation sites is 1. The first-order valence-corrected chi connectivity index (χ1v) is 11.3. The van der Waals surface area contributed by atoms with Crippen LogP contribution in [0.25, 0.3) is 33.0 Å². The van der Waals surface area contributed by atoms with E-state index in [0.717, 1.165) is 10.8 Å². The van der Waals surface area contributed by atoms with Gasteiger partial charge >= 0.3 is 0 Å². The summed E-state index contributed by atoms with van der Waals surface area (Å²) >= 11 is 0. The third-order valence-corrected chi connectivity index (χ3v) is 5.79. The van der Waals surface area contributed by atoms with E-state index in [1.54, 1.807) is 66.7 Å². The minimum Gasteiger partial charge on any atom is -0.310 e. The molecule has 0 amide bonds. The third kappa shape index (κ3) is 4.32. The molecule has 0 N–H and O–H groups in total. The molecule has 0 bridgehead atoms. The Bertz CT molecular complexity index is 1980. The summed E-state index contributed by atoms with van der Waals surface area (Å²) in [6.45, 7) is 0. The minimum atomic E-state index is -0.424. The fourth-order valence-electron chi connectivity index (χ4n) is 4.05. The smallest absolute Gasteiger partial charge is 0.0651 e. The summed E-state index contributed by atoms with van der Waals surface area (Å²) in [4.78, 5) is 1.35. The lowest BCUT2D eigenvalue weighted by Crippen LogP contribution is -2.09. The Hall–Kier alpha value is -4.62. The van der Waals surface area contributed by atoms with Crippen LogP contribution in [0.2, 0.25) is 0 Å². The lowest BCUT2D eigenvalue weighted by atomic mass is 10.0. The Balaban J connectivity index is 1.68. The summed E-state index contributed by atoms with van der Waals surface area (Å²) in [5.74, 6) is 0. The molecule has 0 aliphatic rings. The Morgan fingerprint density at radius 2 is 1.11 bits per heavy atom. The maximum absolute atomic E-state index is 9.34. The molecule has 0 atom stereocenters. The molecule has 0 saturated heterocycles. The standard InChI is InChI=1S/C34H25N/c1-3-10-26(11-4-1)28-20-22-33(23-21-28)35(32-15-5-2-6-16-32)34-17-9-14-30(25-34)31-19-18-27-12-7-8-13-29(27)24-31/h1-25H/i9D,14D,17D,20D,21D,22D,23D,25D. The van der Waals surface area contributed by atoms with Crippen LogP contribution in [0.3, 0.4) is 0 Å². The minimum absolute atomic E-state index is 0.108. The van der Waals surface area contributed by atoms with Crippen LogP contribution in [-0.4, -0.2) is 0 Å². The van der Waals surface area contributed by atoms with Gasteiger partial charge in [-0.3, -0.25) is 0 Å². The van der Waals surface area contributed by atoms with Crippen molar-refractivity contribution in [3.8, 4) is 22.3 Å². The zero-order valence-corrected chi connectivity index (χ0v) is 18.8. The van der Waals surface area contributed by atoms with Gasteiger partial charge in [-0.1, -0.05) is 109 Å². The predicted molar refractivity (Wildman–Crippen MR) is 150 cm³/mol. The molecular formula is C34H25N. The number of fused-ring (bicyclic) bond motifs is 1. The number of rotatable bonds is 5. The van der Waals surface area contributed by atoms with E-state index in [-0.39, 0.29) is 58.8 Å². The van der Waals surface area contributed by atoms with Crippen LogP contribution in [0.4, 0.5) is 17.1 Å². The molecule has 6 aromatic carbocycles. The van der Waals surface area contributed by atoms with Gasteiger partial charge in [-0.2, -0.15) is 0 Å². The summed E-state index contributed by atoms with van der Waals surface area (Å²) in [5.41, 5.74) is 1.47. The fourth-order valence-corrected chi connectivity index (χ4v) is 4.05. The summed E-state index contributed by atoms with van der Waals surface area (Å²) < 4.78 is 71.7. The second-order valence-corrected chi connectivity index (χ2v) is 8.05. The Labute approximate surface area is 217 Å². The Morgan fingerprint density at radius 3 is 1.89 bits per heavy atom. The Morgan fingerprint density at radius 1 is 0.429 bits per heavy atom. The fraction of sp³-hybridized carbons (Fsp3) is 0. The van der Waals surface area contributed by atoms with E-state index in [2.05, 4.69) is 0 Å². The van der Waals surface area contributed by atoms with E-state index in [9.17, 15) is 1.37 Å². The van der Waals surface area contributed by atoms with Crippen molar-refractivity contribution >= 4 is 27.8 Å². The molecule has 6 rings (SSSR count). The van der Waals surface area contributed by atoms with Crippen molar-refractivity contribution in [2.24, 2.45) is 0 Å². The van der Waals surface area contributed by atoms with Gasteiger partial charge in [0.1, 0.15) is 0 Å². The van der Waals surface area contributed by atoms with E-state index in [1.165, 1.54) is 4.90 Å². The highest BCUT2D eigenvalue weighted by molar-refractivity contribution is 5.88. The molecule has 6 aromatic rings. The summed E-state index contributed by atoms with van der Waals surface area (Å²) in [5, 5.41) is 1.86. The quantitative estimate of drug-likeness (QED) is 0.250. The first kappa shape index (κ1) is 13.9. The van der Waals surface area contributed by atoms with Crippen LogP contribution in [0.15, 0.2) is 151 Å². The number of hydrogen-bond acceptors (Lipinski definition) is 1. The second-order valence-electron chi connectivity index (χ2n) is 8.05. The maximum Gasteiger partial charge on any atom is 0.0651 e. The van der Waals surface area contributed by atoms with Crippen molar-refractivity contribution in [3.63, 3.8) is 0 Å². The lowest BCUT2D eigenvalue weighted by molar-refractivity contribution is 1.28. The molecule has 0 fully saturated rings. The van der Waals surface area contributed by atoms with Gasteiger partial charge in [-0.25, -0.2) is 0 Å². The average Bonchev–Trinajstić information content (AvgIpc) is 3.03. The van der Waals surface area contributed by atoms with E-state index in [0.29, 0.717) is 16.8 Å². The SMILES string of the molecule is [2H]c1c([2H])c(-c2ccc3ccccc3c2)c([2H])c(N(c2ccccc2)c2c([2H])c([2H])c(-c3ccccc3)c([2H])c2[2H])c1[2H]. The topological polar surface area (TPSA) is 3.24 Å². The van der Waals surface area contributed by atoms with Gasteiger partial charge in [-0.15, -0.1) is 0 Å². The number of hydrogen-bond donors (Lipinski definition) is 0. The van der Waals surface area contributed by atoms with Crippen LogP contribution in [0.1, 0.15) is 11.0 Å². The summed E-state index contributed by atoms with van der Waals surface area (Å²) in [6, 6.07) is 28.0. The zero-order valence-electron chi connectivity index (χ0n) is 26.8. The molecule has 0 aromatic heterocycles. The van der Waals surface area contributed by atoms with Gasteiger partial charge in [0.15, 0.2) is 0 Å². The average molecular weight is 456 g/mol. The first-order chi connectivity index (χ1) is 20.7. The highest BCUT2D eigenvalue weighted by atomic mass is 15.1. The molecule has 35 heavy (non-hydrogen) atoms. The lowest BCUT2D eigenvalue weighted by Gasteiger charge is -2.26. The van der Waals surface area contributed by atoms with E-state index < -0.39 is 12.1 Å². The number of benzene rings is 6. The van der Waals surface area contributed by atoms with Crippen molar-refractivity contribution in [1.82, 2.24) is 0 Å². The van der Waals surface area contributed by atoms with Crippen LogP contribution >= 0.6 is 0 Å². The van der Waals surface area contributed by atoms with Gasteiger partial charge in [0.2, 0.25) is 0 Å². The van der Waals surface area contributed by atoms with Crippen molar-refractivity contribution in [1.29, 1.82) is 0 Å². The van der Waals surface area contributed by atoms with Crippen LogP contribution in [0, 0.1) is 0 Å². The molecule has 1 heteroatoms. The summed E-state index contributed by atoms with van der Waals surface area (Å²) in [6.07, 6.45) is 0. The van der Waals surface area contributed by atoms with Crippen molar-refractivity contribution in [2.45, 2.75) is 0 Å². The van der Waals surface area contributed by atoms with E-state index in [4.69, 9.17) is 9.60 Å².